The lowest BCUT2D eigenvalue weighted by Crippen LogP contribution is -2.15. The largest absolute Gasteiger partial charge is 0.478 e. The van der Waals surface area contributed by atoms with Crippen molar-refractivity contribution in [3.05, 3.63) is 70.0 Å². The minimum Gasteiger partial charge on any atom is -0.478 e. The maximum absolute atomic E-state index is 12.2. The second-order valence-electron chi connectivity index (χ2n) is 4.71. The summed E-state index contributed by atoms with van der Waals surface area (Å²) in [5.74, 6) is -0.936. The van der Waals surface area contributed by atoms with E-state index >= 15 is 0 Å². The Labute approximate surface area is 125 Å². The van der Waals surface area contributed by atoms with Crippen LogP contribution < -0.4 is 5.56 Å². The van der Waals surface area contributed by atoms with Gasteiger partial charge < -0.3 is 5.11 Å². The first kappa shape index (κ1) is 13.6. The van der Waals surface area contributed by atoms with Crippen molar-refractivity contribution in [2.45, 2.75) is 13.0 Å². The van der Waals surface area contributed by atoms with Crippen LogP contribution in [0.5, 0.6) is 0 Å². The van der Waals surface area contributed by atoms with E-state index in [1.165, 1.54) is 11.5 Å². The van der Waals surface area contributed by atoms with Crippen molar-refractivity contribution in [2.75, 3.05) is 0 Å². The molecule has 0 aliphatic carbocycles. The van der Waals surface area contributed by atoms with E-state index < -0.39 is 5.97 Å². The van der Waals surface area contributed by atoms with Crippen LogP contribution in [-0.4, -0.2) is 15.0 Å². The smallest absolute Gasteiger partial charge is 0.335 e. The number of fused-ring (bicyclic) bond motifs is 1. The molecule has 5 heteroatoms. The molecule has 0 fully saturated rings. The molecule has 0 amide bonds. The summed E-state index contributed by atoms with van der Waals surface area (Å²) in [6.07, 6.45) is 0.523. The minimum absolute atomic E-state index is 0.0107. The Hall–Kier alpha value is -2.40. The molecule has 4 nitrogen and oxygen atoms in total. The Morgan fingerprint density at radius 2 is 1.81 bits per heavy atom. The van der Waals surface area contributed by atoms with E-state index in [1.807, 2.05) is 30.3 Å². The van der Waals surface area contributed by atoms with Gasteiger partial charge in [-0.1, -0.05) is 41.9 Å². The number of hydrogen-bond acceptors (Lipinski definition) is 3. The molecule has 0 unspecified atom stereocenters. The molecule has 1 heterocycles. The topological polar surface area (TPSA) is 59.3 Å². The van der Waals surface area contributed by atoms with Gasteiger partial charge in [-0.25, -0.2) is 4.79 Å². The van der Waals surface area contributed by atoms with Gasteiger partial charge in [-0.3, -0.25) is 8.75 Å². The molecule has 0 saturated carbocycles. The van der Waals surface area contributed by atoms with Gasteiger partial charge in [0.05, 0.1) is 15.6 Å². The highest BCUT2D eigenvalue weighted by atomic mass is 32.1. The summed E-state index contributed by atoms with van der Waals surface area (Å²) in [7, 11) is 0. The first-order valence-corrected chi connectivity index (χ1v) is 7.34. The van der Waals surface area contributed by atoms with Crippen LogP contribution in [0.1, 0.15) is 15.9 Å². The average Bonchev–Trinajstić information content (AvgIpc) is 2.82. The Balaban J connectivity index is 1.89. The molecule has 3 aromatic rings. The molecule has 0 saturated heterocycles. The Morgan fingerprint density at radius 1 is 1.10 bits per heavy atom. The highest BCUT2D eigenvalue weighted by molar-refractivity contribution is 7.13. The molecule has 106 valence electrons. The zero-order valence-corrected chi connectivity index (χ0v) is 12.0. The number of nitrogens with zero attached hydrogens (tertiary/aromatic N) is 1. The van der Waals surface area contributed by atoms with Gasteiger partial charge >= 0.3 is 5.97 Å². The van der Waals surface area contributed by atoms with Crippen LogP contribution in [0, 0.1) is 0 Å². The third-order valence-corrected chi connectivity index (χ3v) is 4.51. The van der Waals surface area contributed by atoms with Crippen molar-refractivity contribution in [3.63, 3.8) is 0 Å². The Kier molecular flexibility index (Phi) is 3.58. The van der Waals surface area contributed by atoms with Crippen molar-refractivity contribution in [2.24, 2.45) is 0 Å². The molecule has 21 heavy (non-hydrogen) atoms. The molecule has 1 aromatic heterocycles. The van der Waals surface area contributed by atoms with E-state index in [2.05, 4.69) is 0 Å². The molecular formula is C16H13NO3S. The number of aryl methyl sites for hydroxylation is 2. The van der Waals surface area contributed by atoms with Crippen molar-refractivity contribution in [1.82, 2.24) is 3.96 Å². The van der Waals surface area contributed by atoms with Crippen LogP contribution in [0.25, 0.3) is 10.1 Å². The molecule has 3 rings (SSSR count). The highest BCUT2D eigenvalue weighted by Crippen LogP contribution is 2.17. The second kappa shape index (κ2) is 5.54. The maximum atomic E-state index is 12.2. The van der Waals surface area contributed by atoms with Gasteiger partial charge in [-0.15, -0.1) is 0 Å². The third-order valence-electron chi connectivity index (χ3n) is 3.38. The van der Waals surface area contributed by atoms with Gasteiger partial charge in [-0.05, 0) is 30.2 Å². The third kappa shape index (κ3) is 2.60. The summed E-state index contributed by atoms with van der Waals surface area (Å²) in [5.41, 5.74) is 1.03. The van der Waals surface area contributed by atoms with Crippen LogP contribution in [0.15, 0.2) is 53.3 Å². The van der Waals surface area contributed by atoms with Gasteiger partial charge in [0.15, 0.2) is 0 Å². The quantitative estimate of drug-likeness (QED) is 0.805. The number of benzene rings is 2. The standard InChI is InChI=1S/C16H13NO3S/c18-15-13-7-3-4-8-14(13)21-17(15)10-9-11-5-1-2-6-12(11)16(19)20/h1-8H,9-10H2,(H,19,20). The number of carbonyl (C=O) groups is 1. The Bertz CT molecular complexity index is 863. The lowest BCUT2D eigenvalue weighted by molar-refractivity contribution is 0.0695. The van der Waals surface area contributed by atoms with Gasteiger partial charge in [0.2, 0.25) is 0 Å². The summed E-state index contributed by atoms with van der Waals surface area (Å²) in [6.45, 7) is 0.489. The van der Waals surface area contributed by atoms with E-state index in [1.54, 1.807) is 22.2 Å². The van der Waals surface area contributed by atoms with Crippen molar-refractivity contribution < 1.29 is 9.90 Å². The lowest BCUT2D eigenvalue weighted by Gasteiger charge is -2.05. The van der Waals surface area contributed by atoms with Gasteiger partial charge in [0.25, 0.3) is 5.56 Å². The molecule has 2 aromatic carbocycles. The van der Waals surface area contributed by atoms with Crippen LogP contribution in [0.3, 0.4) is 0 Å². The van der Waals surface area contributed by atoms with Gasteiger partial charge in [-0.2, -0.15) is 0 Å². The number of rotatable bonds is 4. The minimum atomic E-state index is -0.936. The molecule has 0 radical (unpaired) electrons. The van der Waals surface area contributed by atoms with E-state index in [0.717, 1.165) is 10.3 Å². The van der Waals surface area contributed by atoms with Gasteiger partial charge in [0, 0.05) is 6.54 Å². The summed E-state index contributed by atoms with van der Waals surface area (Å²) in [6, 6.07) is 14.4. The lowest BCUT2D eigenvalue weighted by atomic mass is 10.1. The second-order valence-corrected chi connectivity index (χ2v) is 5.77. The van der Waals surface area contributed by atoms with E-state index in [4.69, 9.17) is 5.11 Å². The average molecular weight is 299 g/mol. The molecule has 1 N–H and O–H groups in total. The zero-order valence-electron chi connectivity index (χ0n) is 11.2. The fourth-order valence-corrected chi connectivity index (χ4v) is 3.33. The van der Waals surface area contributed by atoms with Crippen LogP contribution in [0.2, 0.25) is 0 Å². The fourth-order valence-electron chi connectivity index (χ4n) is 2.33. The summed E-state index contributed by atoms with van der Waals surface area (Å²) in [5, 5.41) is 9.88. The highest BCUT2D eigenvalue weighted by Gasteiger charge is 2.11. The zero-order chi connectivity index (χ0) is 14.8. The van der Waals surface area contributed by atoms with Crippen LogP contribution in [-0.2, 0) is 13.0 Å². The predicted molar refractivity (Wildman–Crippen MR) is 83.2 cm³/mol. The number of aromatic nitrogens is 1. The molecule has 0 aliphatic rings. The molecule has 0 aliphatic heterocycles. The van der Waals surface area contributed by atoms with Crippen LogP contribution >= 0.6 is 11.5 Å². The van der Waals surface area contributed by atoms with Crippen molar-refractivity contribution in [1.29, 1.82) is 0 Å². The van der Waals surface area contributed by atoms with Gasteiger partial charge in [0.1, 0.15) is 0 Å². The normalized spacial score (nSPS) is 10.9. The Morgan fingerprint density at radius 3 is 2.57 bits per heavy atom. The number of carboxylic acids is 1. The predicted octanol–water partition coefficient (Wildman–Crippen LogP) is 3.00. The summed E-state index contributed by atoms with van der Waals surface area (Å²) in [4.78, 5) is 23.4. The first-order chi connectivity index (χ1) is 10.2. The first-order valence-electron chi connectivity index (χ1n) is 6.57. The molecule has 0 spiro atoms. The number of carboxylic acid groups (broad SMARTS) is 1. The van der Waals surface area contributed by atoms with Crippen molar-refractivity contribution >= 4 is 27.6 Å². The number of hydrogen-bond donors (Lipinski definition) is 1. The fraction of sp³-hybridized carbons (Fsp3) is 0.125. The molecular weight excluding hydrogens is 286 g/mol. The molecule has 0 bridgehead atoms. The van der Waals surface area contributed by atoms with E-state index in [-0.39, 0.29) is 5.56 Å². The summed E-state index contributed by atoms with van der Waals surface area (Å²) >= 11 is 1.41. The maximum Gasteiger partial charge on any atom is 0.335 e. The number of aromatic carboxylic acids is 1. The monoisotopic (exact) mass is 299 g/mol. The molecule has 0 atom stereocenters. The SMILES string of the molecule is O=C(O)c1ccccc1CCn1sc2ccccc2c1=O. The van der Waals surface area contributed by atoms with Crippen molar-refractivity contribution in [3.8, 4) is 0 Å². The summed E-state index contributed by atoms with van der Waals surface area (Å²) < 4.78 is 2.64. The van der Waals surface area contributed by atoms with Crippen LogP contribution in [0.4, 0.5) is 0 Å². The van der Waals surface area contributed by atoms with E-state index in [9.17, 15) is 9.59 Å². The van der Waals surface area contributed by atoms with E-state index in [0.29, 0.717) is 23.9 Å².